The number of ether oxygens (including phenoxy) is 1. The third kappa shape index (κ3) is 3.01. The summed E-state index contributed by atoms with van der Waals surface area (Å²) in [5.74, 6) is -1.62. The Labute approximate surface area is 116 Å². The molecule has 1 unspecified atom stereocenters. The van der Waals surface area contributed by atoms with Gasteiger partial charge in [-0.2, -0.15) is 0 Å². The van der Waals surface area contributed by atoms with Crippen molar-refractivity contribution in [2.24, 2.45) is 5.92 Å². The molecule has 1 aliphatic rings. The van der Waals surface area contributed by atoms with Gasteiger partial charge in [0.25, 0.3) is 5.91 Å². The smallest absolute Gasteiger partial charge is 0.316 e. The summed E-state index contributed by atoms with van der Waals surface area (Å²) in [5, 5.41) is 0. The standard InChI is InChI=1S/C14H16N2O4/c1-20-14(19)11-4-7-16(8-5-12(11)17)13(18)10-3-2-6-15-9-10/h2-3,6,9,11H,4-5,7-8H2,1H3. The van der Waals surface area contributed by atoms with Gasteiger partial charge in [-0.1, -0.05) is 0 Å². The number of nitrogens with zero attached hydrogens (tertiary/aromatic N) is 2. The molecule has 1 amide bonds. The number of amides is 1. The van der Waals surface area contributed by atoms with E-state index in [1.807, 2.05) is 0 Å². The molecular weight excluding hydrogens is 260 g/mol. The molecule has 1 saturated heterocycles. The van der Waals surface area contributed by atoms with E-state index in [1.165, 1.54) is 13.3 Å². The summed E-state index contributed by atoms with van der Waals surface area (Å²) in [4.78, 5) is 41.1. The van der Waals surface area contributed by atoms with Crippen LogP contribution in [-0.2, 0) is 14.3 Å². The van der Waals surface area contributed by atoms with Crippen LogP contribution >= 0.6 is 0 Å². The number of carbonyl (C=O) groups excluding carboxylic acids is 3. The molecular formula is C14H16N2O4. The van der Waals surface area contributed by atoms with Crippen molar-refractivity contribution in [3.63, 3.8) is 0 Å². The van der Waals surface area contributed by atoms with Crippen LogP contribution in [0.4, 0.5) is 0 Å². The van der Waals surface area contributed by atoms with Crippen LogP contribution in [-0.4, -0.2) is 47.7 Å². The minimum atomic E-state index is -0.758. The average molecular weight is 276 g/mol. The summed E-state index contributed by atoms with van der Waals surface area (Å²) in [6.07, 6.45) is 3.56. The van der Waals surface area contributed by atoms with Gasteiger partial charge in [-0.15, -0.1) is 0 Å². The Kier molecular flexibility index (Phi) is 4.45. The third-order valence-corrected chi connectivity index (χ3v) is 3.39. The molecule has 106 valence electrons. The van der Waals surface area contributed by atoms with Crippen LogP contribution < -0.4 is 0 Å². The predicted molar refractivity (Wildman–Crippen MR) is 69.9 cm³/mol. The molecule has 0 N–H and O–H groups in total. The van der Waals surface area contributed by atoms with Crippen LogP contribution in [0.25, 0.3) is 0 Å². The molecule has 2 rings (SSSR count). The van der Waals surface area contributed by atoms with Crippen molar-refractivity contribution in [1.29, 1.82) is 0 Å². The number of pyridine rings is 1. The fraction of sp³-hybridized carbons (Fsp3) is 0.429. The lowest BCUT2D eigenvalue weighted by atomic mass is 10.00. The van der Waals surface area contributed by atoms with Crippen LogP contribution in [0.1, 0.15) is 23.2 Å². The van der Waals surface area contributed by atoms with Gasteiger partial charge in [0.1, 0.15) is 11.7 Å². The molecule has 6 heteroatoms. The zero-order valence-electron chi connectivity index (χ0n) is 11.2. The molecule has 2 heterocycles. The first kappa shape index (κ1) is 14.2. The van der Waals surface area contributed by atoms with E-state index in [0.29, 0.717) is 25.1 Å². The summed E-state index contributed by atoms with van der Waals surface area (Å²) >= 11 is 0. The molecule has 0 radical (unpaired) electrons. The van der Waals surface area contributed by atoms with Crippen LogP contribution in [0, 0.1) is 5.92 Å². The third-order valence-electron chi connectivity index (χ3n) is 3.39. The highest BCUT2D eigenvalue weighted by molar-refractivity contribution is 6.00. The fourth-order valence-corrected chi connectivity index (χ4v) is 2.24. The van der Waals surface area contributed by atoms with E-state index in [-0.39, 0.29) is 18.1 Å². The first-order valence-electron chi connectivity index (χ1n) is 6.43. The van der Waals surface area contributed by atoms with E-state index in [4.69, 9.17) is 0 Å². The van der Waals surface area contributed by atoms with Crippen molar-refractivity contribution in [1.82, 2.24) is 9.88 Å². The first-order valence-corrected chi connectivity index (χ1v) is 6.43. The normalized spacial score (nSPS) is 19.4. The van der Waals surface area contributed by atoms with Crippen molar-refractivity contribution < 1.29 is 19.1 Å². The number of likely N-dealkylation sites (tertiary alicyclic amines) is 1. The SMILES string of the molecule is COC(=O)C1CCN(C(=O)c2cccnc2)CCC1=O. The second-order valence-corrected chi connectivity index (χ2v) is 4.61. The highest BCUT2D eigenvalue weighted by Gasteiger charge is 2.32. The van der Waals surface area contributed by atoms with Crippen LogP contribution in [0.3, 0.4) is 0 Å². The first-order chi connectivity index (χ1) is 9.63. The topological polar surface area (TPSA) is 76.6 Å². The summed E-state index contributed by atoms with van der Waals surface area (Å²) in [7, 11) is 1.26. The maximum Gasteiger partial charge on any atom is 0.316 e. The Morgan fingerprint density at radius 1 is 1.40 bits per heavy atom. The lowest BCUT2D eigenvalue weighted by Gasteiger charge is -2.19. The number of hydrogen-bond acceptors (Lipinski definition) is 5. The van der Waals surface area contributed by atoms with Gasteiger partial charge in [-0.05, 0) is 18.6 Å². The predicted octanol–water partition coefficient (Wildman–Crippen LogP) is 0.676. The van der Waals surface area contributed by atoms with Crippen molar-refractivity contribution >= 4 is 17.7 Å². The van der Waals surface area contributed by atoms with Crippen molar-refractivity contribution in [2.45, 2.75) is 12.8 Å². The largest absolute Gasteiger partial charge is 0.468 e. The quantitative estimate of drug-likeness (QED) is 0.586. The van der Waals surface area contributed by atoms with E-state index >= 15 is 0 Å². The zero-order chi connectivity index (χ0) is 14.5. The van der Waals surface area contributed by atoms with E-state index in [0.717, 1.165) is 0 Å². The average Bonchev–Trinajstić information content (AvgIpc) is 2.68. The molecule has 0 spiro atoms. The Morgan fingerprint density at radius 3 is 2.85 bits per heavy atom. The minimum Gasteiger partial charge on any atom is -0.468 e. The minimum absolute atomic E-state index is 0.168. The van der Waals surface area contributed by atoms with Crippen LogP contribution in [0.5, 0.6) is 0 Å². The number of hydrogen-bond donors (Lipinski definition) is 0. The maximum absolute atomic E-state index is 12.3. The lowest BCUT2D eigenvalue weighted by Crippen LogP contribution is -2.32. The maximum atomic E-state index is 12.3. The molecule has 0 saturated carbocycles. The Balaban J connectivity index is 2.08. The van der Waals surface area contributed by atoms with Gasteiger partial charge in [0, 0.05) is 31.9 Å². The van der Waals surface area contributed by atoms with Gasteiger partial charge in [-0.3, -0.25) is 19.4 Å². The summed E-state index contributed by atoms with van der Waals surface area (Å²) in [6, 6.07) is 3.37. The number of aromatic nitrogens is 1. The second-order valence-electron chi connectivity index (χ2n) is 4.61. The van der Waals surface area contributed by atoms with E-state index in [2.05, 4.69) is 9.72 Å². The Morgan fingerprint density at radius 2 is 2.20 bits per heavy atom. The molecule has 6 nitrogen and oxygen atoms in total. The fourth-order valence-electron chi connectivity index (χ4n) is 2.24. The molecule has 1 aromatic rings. The summed E-state index contributed by atoms with van der Waals surface area (Å²) in [6.45, 7) is 0.680. The second kappa shape index (κ2) is 6.27. The van der Waals surface area contributed by atoms with Gasteiger partial charge in [0.2, 0.25) is 0 Å². The Hall–Kier alpha value is -2.24. The van der Waals surface area contributed by atoms with Crippen molar-refractivity contribution in [3.8, 4) is 0 Å². The number of carbonyl (C=O) groups is 3. The molecule has 0 bridgehead atoms. The highest BCUT2D eigenvalue weighted by atomic mass is 16.5. The molecule has 20 heavy (non-hydrogen) atoms. The van der Waals surface area contributed by atoms with Gasteiger partial charge in [0.05, 0.1) is 12.7 Å². The molecule has 1 aromatic heterocycles. The van der Waals surface area contributed by atoms with E-state index in [9.17, 15) is 14.4 Å². The number of ketones is 1. The molecule has 1 atom stereocenters. The zero-order valence-corrected chi connectivity index (χ0v) is 11.2. The Bertz CT molecular complexity index is 515. The lowest BCUT2D eigenvalue weighted by molar-refractivity contribution is -0.149. The molecule has 1 fully saturated rings. The molecule has 0 aromatic carbocycles. The van der Waals surface area contributed by atoms with Crippen LogP contribution in [0.15, 0.2) is 24.5 Å². The van der Waals surface area contributed by atoms with Crippen molar-refractivity contribution in [2.75, 3.05) is 20.2 Å². The molecule has 0 aliphatic carbocycles. The monoisotopic (exact) mass is 276 g/mol. The van der Waals surface area contributed by atoms with Gasteiger partial charge in [0.15, 0.2) is 0 Å². The van der Waals surface area contributed by atoms with E-state index < -0.39 is 11.9 Å². The summed E-state index contributed by atoms with van der Waals surface area (Å²) in [5.41, 5.74) is 0.483. The molecule has 1 aliphatic heterocycles. The number of Topliss-reactive ketones (excluding diaryl/α,β-unsaturated/α-hetero) is 1. The number of esters is 1. The number of methoxy groups -OCH3 is 1. The van der Waals surface area contributed by atoms with Gasteiger partial charge >= 0.3 is 5.97 Å². The number of rotatable bonds is 2. The summed E-state index contributed by atoms with van der Waals surface area (Å²) < 4.78 is 4.62. The van der Waals surface area contributed by atoms with Gasteiger partial charge < -0.3 is 9.64 Å². The highest BCUT2D eigenvalue weighted by Crippen LogP contribution is 2.17. The van der Waals surface area contributed by atoms with Crippen LogP contribution in [0.2, 0.25) is 0 Å². The van der Waals surface area contributed by atoms with Gasteiger partial charge in [-0.25, -0.2) is 0 Å². The van der Waals surface area contributed by atoms with Crippen molar-refractivity contribution in [3.05, 3.63) is 30.1 Å². The van der Waals surface area contributed by atoms with E-state index in [1.54, 1.807) is 23.2 Å².